The third kappa shape index (κ3) is 3.65. The van der Waals surface area contributed by atoms with Crippen LogP contribution in [0.5, 0.6) is 5.75 Å². The smallest absolute Gasteiger partial charge is 0.187 e. The van der Waals surface area contributed by atoms with Crippen LogP contribution in [-0.4, -0.2) is 63.8 Å². The first-order chi connectivity index (χ1) is 13.6. The molecule has 2 aliphatic heterocycles. The zero-order valence-corrected chi connectivity index (χ0v) is 15.2. The summed E-state index contributed by atoms with van der Waals surface area (Å²) < 4.78 is 17.7. The molecule has 0 spiro atoms. The summed E-state index contributed by atoms with van der Waals surface area (Å²) in [7, 11) is 0. The number of hydrogen-bond donors (Lipinski definition) is 4. The van der Waals surface area contributed by atoms with Gasteiger partial charge in [0.05, 0.1) is 6.61 Å². The molecule has 7 heteroatoms. The minimum atomic E-state index is -1.48. The Balaban J connectivity index is 1.60. The van der Waals surface area contributed by atoms with Crippen LogP contribution in [0.25, 0.3) is 0 Å². The van der Waals surface area contributed by atoms with Crippen molar-refractivity contribution in [1.29, 1.82) is 0 Å². The summed E-state index contributed by atoms with van der Waals surface area (Å²) in [6.45, 7) is -0.503. The molecule has 7 atom stereocenters. The van der Waals surface area contributed by atoms with Gasteiger partial charge in [-0.1, -0.05) is 48.5 Å². The number of aliphatic hydroxyl groups is 4. The highest BCUT2D eigenvalue weighted by Crippen LogP contribution is 2.38. The van der Waals surface area contributed by atoms with Gasteiger partial charge in [-0.2, -0.15) is 0 Å². The molecule has 0 saturated carbocycles. The van der Waals surface area contributed by atoms with Crippen LogP contribution in [0.4, 0.5) is 0 Å². The fraction of sp³-hybridized carbons (Fsp3) is 0.429. The topological polar surface area (TPSA) is 109 Å². The number of ether oxygens (including phenoxy) is 3. The minimum absolute atomic E-state index is 0.441. The molecule has 2 aromatic carbocycles. The van der Waals surface area contributed by atoms with Crippen LogP contribution >= 0.6 is 0 Å². The number of rotatable bonds is 4. The van der Waals surface area contributed by atoms with Gasteiger partial charge in [-0.3, -0.25) is 0 Å². The zero-order chi connectivity index (χ0) is 19.7. The normalized spacial score (nSPS) is 35.1. The van der Waals surface area contributed by atoms with Crippen LogP contribution < -0.4 is 4.74 Å². The number of para-hydroxylation sites is 1. The summed E-state index contributed by atoms with van der Waals surface area (Å²) in [5.41, 5.74) is 1.87. The average molecular weight is 388 g/mol. The van der Waals surface area contributed by atoms with Crippen molar-refractivity contribution in [1.82, 2.24) is 0 Å². The van der Waals surface area contributed by atoms with E-state index in [9.17, 15) is 20.4 Å². The van der Waals surface area contributed by atoms with Crippen molar-refractivity contribution in [3.63, 3.8) is 0 Å². The summed E-state index contributed by atoms with van der Waals surface area (Å²) in [6, 6.07) is 17.2. The molecule has 2 aromatic rings. The quantitative estimate of drug-likeness (QED) is 0.606. The Bertz CT molecular complexity index is 781. The minimum Gasteiger partial charge on any atom is -0.483 e. The van der Waals surface area contributed by atoms with Crippen molar-refractivity contribution in [3.8, 4) is 5.75 Å². The van der Waals surface area contributed by atoms with Crippen molar-refractivity contribution >= 4 is 0 Å². The average Bonchev–Trinajstić information content (AvgIpc) is 2.74. The maximum Gasteiger partial charge on any atom is 0.187 e. The van der Waals surface area contributed by atoms with Crippen LogP contribution in [0.2, 0.25) is 0 Å². The lowest BCUT2D eigenvalue weighted by Crippen LogP contribution is -2.60. The predicted octanol–water partition coefficient (Wildman–Crippen LogP) is 0.548. The van der Waals surface area contributed by atoms with Crippen LogP contribution in [0.1, 0.15) is 17.2 Å². The lowest BCUT2D eigenvalue weighted by Gasteiger charge is -2.43. The number of hydrogen-bond acceptors (Lipinski definition) is 7. The van der Waals surface area contributed by atoms with Crippen LogP contribution in [0, 0.1) is 0 Å². The highest BCUT2D eigenvalue weighted by molar-refractivity contribution is 5.37. The summed E-state index contributed by atoms with van der Waals surface area (Å²) in [6.07, 6.45) is -7.01. The summed E-state index contributed by atoms with van der Waals surface area (Å²) >= 11 is 0. The number of aliphatic hydroxyl groups excluding tert-OH is 4. The fourth-order valence-electron chi connectivity index (χ4n) is 3.72. The number of benzene rings is 2. The fourth-order valence-corrected chi connectivity index (χ4v) is 3.72. The third-order valence-corrected chi connectivity index (χ3v) is 5.27. The van der Waals surface area contributed by atoms with Gasteiger partial charge < -0.3 is 34.6 Å². The molecule has 0 amide bonds. The summed E-state index contributed by atoms with van der Waals surface area (Å²) in [5.74, 6) is 0.769. The molecule has 2 aliphatic rings. The van der Waals surface area contributed by atoms with E-state index >= 15 is 0 Å². The predicted molar refractivity (Wildman–Crippen MR) is 98.6 cm³/mol. The Kier molecular flexibility index (Phi) is 5.63. The van der Waals surface area contributed by atoms with Crippen molar-refractivity contribution < 1.29 is 34.6 Å². The van der Waals surface area contributed by atoms with E-state index in [2.05, 4.69) is 0 Å². The highest BCUT2D eigenvalue weighted by atomic mass is 16.7. The summed E-state index contributed by atoms with van der Waals surface area (Å²) in [4.78, 5) is 0. The van der Waals surface area contributed by atoms with E-state index in [0.29, 0.717) is 6.42 Å². The first kappa shape index (κ1) is 19.3. The van der Waals surface area contributed by atoms with E-state index in [4.69, 9.17) is 14.2 Å². The molecule has 0 radical (unpaired) electrons. The molecule has 0 aromatic heterocycles. The molecule has 1 fully saturated rings. The monoisotopic (exact) mass is 388 g/mol. The first-order valence-electron chi connectivity index (χ1n) is 9.34. The largest absolute Gasteiger partial charge is 0.483 e. The second-order valence-corrected chi connectivity index (χ2v) is 7.13. The van der Waals surface area contributed by atoms with E-state index in [1.807, 2.05) is 54.6 Å². The van der Waals surface area contributed by atoms with Crippen LogP contribution in [-0.2, 0) is 15.9 Å². The van der Waals surface area contributed by atoms with Crippen molar-refractivity contribution in [2.45, 2.75) is 49.3 Å². The van der Waals surface area contributed by atoms with Gasteiger partial charge in [0, 0.05) is 6.42 Å². The van der Waals surface area contributed by atoms with Gasteiger partial charge >= 0.3 is 0 Å². The van der Waals surface area contributed by atoms with Gasteiger partial charge in [0.25, 0.3) is 0 Å². The van der Waals surface area contributed by atoms with E-state index in [-0.39, 0.29) is 0 Å². The van der Waals surface area contributed by atoms with Gasteiger partial charge in [0.1, 0.15) is 36.3 Å². The third-order valence-electron chi connectivity index (χ3n) is 5.27. The molecular weight excluding hydrogens is 364 g/mol. The molecule has 3 unspecified atom stereocenters. The highest BCUT2D eigenvalue weighted by Gasteiger charge is 2.46. The van der Waals surface area contributed by atoms with Crippen molar-refractivity contribution in [2.75, 3.05) is 6.61 Å². The standard InChI is InChI=1S/C21H24O7/c22-11-16-17(23)18(24)19(25)21(28-16)27-15-10-13-8-4-5-9-14(13)26-20(15)12-6-2-1-3-7-12/h1-9,15-25H,10-11H2/t15?,16-,17-,18+,19-,20?,21?/m1/s1. The molecule has 0 bridgehead atoms. The SMILES string of the molecule is OC[C@H]1OC(OC2Cc3ccccc3OC2c2ccccc2)[C@H](O)[C@@H](O)[C@@H]1O. The van der Waals surface area contributed by atoms with Crippen LogP contribution in [0.3, 0.4) is 0 Å². The Morgan fingerprint density at radius 2 is 1.61 bits per heavy atom. The van der Waals surface area contributed by atoms with Gasteiger partial charge in [-0.25, -0.2) is 0 Å². The lowest BCUT2D eigenvalue weighted by atomic mass is 9.94. The second kappa shape index (κ2) is 8.16. The van der Waals surface area contributed by atoms with Gasteiger partial charge in [0.15, 0.2) is 12.4 Å². The van der Waals surface area contributed by atoms with Crippen LogP contribution in [0.15, 0.2) is 54.6 Å². The first-order valence-corrected chi connectivity index (χ1v) is 9.34. The summed E-state index contributed by atoms with van der Waals surface area (Å²) in [5, 5.41) is 39.7. The maximum absolute atomic E-state index is 10.3. The van der Waals surface area contributed by atoms with Crippen molar-refractivity contribution in [2.24, 2.45) is 0 Å². The molecule has 4 N–H and O–H groups in total. The second-order valence-electron chi connectivity index (χ2n) is 7.13. The molecule has 1 saturated heterocycles. The molecule has 0 aliphatic carbocycles. The van der Waals surface area contributed by atoms with E-state index in [1.54, 1.807) is 0 Å². The molecule has 28 heavy (non-hydrogen) atoms. The molecule has 150 valence electrons. The van der Waals surface area contributed by atoms with Gasteiger partial charge in [0.2, 0.25) is 0 Å². The number of fused-ring (bicyclic) bond motifs is 1. The maximum atomic E-state index is 10.3. The lowest BCUT2D eigenvalue weighted by molar-refractivity contribution is -0.317. The van der Waals surface area contributed by atoms with E-state index in [1.165, 1.54) is 0 Å². The Labute approximate surface area is 162 Å². The molecule has 4 rings (SSSR count). The van der Waals surface area contributed by atoms with Gasteiger partial charge in [-0.15, -0.1) is 0 Å². The molecular formula is C21H24O7. The Hall–Kier alpha value is -2.00. The Morgan fingerprint density at radius 1 is 0.893 bits per heavy atom. The van der Waals surface area contributed by atoms with Gasteiger partial charge in [-0.05, 0) is 17.2 Å². The molecule has 2 heterocycles. The van der Waals surface area contributed by atoms with Crippen molar-refractivity contribution in [3.05, 3.63) is 65.7 Å². The van der Waals surface area contributed by atoms with E-state index < -0.39 is 49.5 Å². The Morgan fingerprint density at radius 3 is 2.36 bits per heavy atom. The zero-order valence-electron chi connectivity index (χ0n) is 15.2. The molecule has 7 nitrogen and oxygen atoms in total. The van der Waals surface area contributed by atoms with E-state index in [0.717, 1.165) is 16.9 Å².